The van der Waals surface area contributed by atoms with Crippen molar-refractivity contribution in [2.45, 2.75) is 64.3 Å². The van der Waals surface area contributed by atoms with Crippen LogP contribution in [0.4, 0.5) is 9.59 Å². The van der Waals surface area contributed by atoms with Gasteiger partial charge in [0.1, 0.15) is 12.2 Å². The monoisotopic (exact) mass is 663 g/mol. The van der Waals surface area contributed by atoms with Crippen molar-refractivity contribution < 1.29 is 23.9 Å². The van der Waals surface area contributed by atoms with Crippen LogP contribution in [0.15, 0.2) is 97.3 Å². The third-order valence-electron chi connectivity index (χ3n) is 9.01. The molecule has 3 aromatic carbocycles. The first-order chi connectivity index (χ1) is 23.7. The van der Waals surface area contributed by atoms with E-state index < -0.39 is 5.60 Å². The minimum atomic E-state index is -0.621. The van der Waals surface area contributed by atoms with Crippen molar-refractivity contribution in [2.24, 2.45) is 0 Å². The van der Waals surface area contributed by atoms with Gasteiger partial charge in [0, 0.05) is 38.3 Å². The Hall–Kier alpha value is -5.12. The third-order valence-corrected chi connectivity index (χ3v) is 9.01. The van der Waals surface area contributed by atoms with Crippen molar-refractivity contribution in [2.75, 3.05) is 32.7 Å². The number of aromatic nitrogens is 2. The lowest BCUT2D eigenvalue weighted by atomic mass is 10.0. The Labute approximate surface area is 288 Å². The molecule has 2 aliphatic rings. The van der Waals surface area contributed by atoms with E-state index in [1.54, 1.807) is 16.1 Å². The summed E-state index contributed by atoms with van der Waals surface area (Å²) in [6.07, 6.45) is 3.22. The van der Waals surface area contributed by atoms with Crippen LogP contribution in [0.3, 0.4) is 0 Å². The Balaban J connectivity index is 1.26. The van der Waals surface area contributed by atoms with Gasteiger partial charge in [-0.05, 0) is 51.2 Å². The zero-order valence-corrected chi connectivity index (χ0v) is 28.5. The average Bonchev–Trinajstić information content (AvgIpc) is 3.56. The van der Waals surface area contributed by atoms with E-state index in [9.17, 15) is 14.4 Å². The SMILES string of the molecule is CC(C)(C)OC(=O)N1CCN(C(=O)c2ncn(C3CCCN(C(=O)OCc4ccccc4)C3)c2-c2ccccc2)[C@H](Cc2ccccc2)C1. The van der Waals surface area contributed by atoms with Crippen molar-refractivity contribution in [3.63, 3.8) is 0 Å². The van der Waals surface area contributed by atoms with Crippen molar-refractivity contribution in [1.82, 2.24) is 24.3 Å². The molecular formula is C39H45N5O5. The first-order valence-electron chi connectivity index (χ1n) is 17.1. The fourth-order valence-corrected chi connectivity index (χ4v) is 6.65. The highest BCUT2D eigenvalue weighted by Gasteiger charge is 2.37. The molecule has 0 spiro atoms. The van der Waals surface area contributed by atoms with E-state index in [1.807, 2.05) is 117 Å². The molecular weight excluding hydrogens is 618 g/mol. The molecule has 1 aromatic heterocycles. The molecule has 3 heterocycles. The number of carbonyl (C=O) groups excluding carboxylic acids is 3. The molecule has 2 fully saturated rings. The normalized spacial score (nSPS) is 18.2. The second-order valence-corrected chi connectivity index (χ2v) is 13.8. The second-order valence-electron chi connectivity index (χ2n) is 13.8. The van der Waals surface area contributed by atoms with E-state index in [2.05, 4.69) is 4.57 Å². The van der Waals surface area contributed by atoms with Crippen molar-refractivity contribution in [3.8, 4) is 11.3 Å². The molecule has 2 aliphatic heterocycles. The highest BCUT2D eigenvalue weighted by atomic mass is 16.6. The quantitative estimate of drug-likeness (QED) is 0.215. The molecule has 3 amide bonds. The van der Waals surface area contributed by atoms with Crippen LogP contribution in [-0.4, -0.2) is 86.7 Å². The molecule has 2 saturated heterocycles. The van der Waals surface area contributed by atoms with Gasteiger partial charge in [-0.1, -0.05) is 91.0 Å². The molecule has 4 aromatic rings. The Morgan fingerprint density at radius 2 is 1.41 bits per heavy atom. The lowest BCUT2D eigenvalue weighted by Gasteiger charge is -2.41. The van der Waals surface area contributed by atoms with E-state index >= 15 is 0 Å². The first-order valence-corrected chi connectivity index (χ1v) is 17.1. The van der Waals surface area contributed by atoms with Gasteiger partial charge in [-0.3, -0.25) is 4.79 Å². The van der Waals surface area contributed by atoms with Gasteiger partial charge in [-0.15, -0.1) is 0 Å². The van der Waals surface area contributed by atoms with Crippen LogP contribution in [0.5, 0.6) is 0 Å². The summed E-state index contributed by atoms with van der Waals surface area (Å²) in [6.45, 7) is 7.88. The van der Waals surface area contributed by atoms with Crippen LogP contribution in [0.2, 0.25) is 0 Å². The van der Waals surface area contributed by atoms with Gasteiger partial charge in [-0.25, -0.2) is 14.6 Å². The molecule has 0 aliphatic carbocycles. The predicted octanol–water partition coefficient (Wildman–Crippen LogP) is 6.83. The van der Waals surface area contributed by atoms with Crippen molar-refractivity contribution in [1.29, 1.82) is 0 Å². The minimum absolute atomic E-state index is 0.0913. The molecule has 0 saturated carbocycles. The zero-order valence-electron chi connectivity index (χ0n) is 28.5. The van der Waals surface area contributed by atoms with Crippen LogP contribution in [-0.2, 0) is 22.5 Å². The highest BCUT2D eigenvalue weighted by molar-refractivity contribution is 5.98. The lowest BCUT2D eigenvalue weighted by Crippen LogP contribution is -2.58. The van der Waals surface area contributed by atoms with Gasteiger partial charge in [0.15, 0.2) is 5.69 Å². The Morgan fingerprint density at radius 3 is 2.08 bits per heavy atom. The van der Waals surface area contributed by atoms with Crippen molar-refractivity contribution in [3.05, 3.63) is 114 Å². The van der Waals surface area contributed by atoms with E-state index in [4.69, 9.17) is 14.5 Å². The van der Waals surface area contributed by atoms with E-state index in [0.717, 1.165) is 35.2 Å². The summed E-state index contributed by atoms with van der Waals surface area (Å²) < 4.78 is 13.4. The fourth-order valence-electron chi connectivity index (χ4n) is 6.65. The number of amides is 3. The molecule has 49 heavy (non-hydrogen) atoms. The molecule has 10 heteroatoms. The van der Waals surface area contributed by atoms with Crippen LogP contribution >= 0.6 is 0 Å². The molecule has 0 N–H and O–H groups in total. The maximum Gasteiger partial charge on any atom is 0.410 e. The zero-order chi connectivity index (χ0) is 34.4. The van der Waals surface area contributed by atoms with Gasteiger partial charge < -0.3 is 28.7 Å². The molecule has 256 valence electrons. The van der Waals surface area contributed by atoms with Gasteiger partial charge in [-0.2, -0.15) is 0 Å². The van der Waals surface area contributed by atoms with Crippen molar-refractivity contribution >= 4 is 18.1 Å². The number of ether oxygens (including phenoxy) is 2. The van der Waals surface area contributed by atoms with E-state index in [1.165, 1.54) is 0 Å². The largest absolute Gasteiger partial charge is 0.445 e. The first kappa shape index (κ1) is 33.8. The number of carbonyl (C=O) groups is 3. The Bertz CT molecular complexity index is 1720. The fraction of sp³-hybridized carbons (Fsp3) is 0.385. The van der Waals surface area contributed by atoms with E-state index in [-0.39, 0.29) is 36.8 Å². The average molecular weight is 664 g/mol. The highest BCUT2D eigenvalue weighted by Crippen LogP contribution is 2.32. The molecule has 2 atom stereocenters. The topological polar surface area (TPSA) is 97.2 Å². The molecule has 0 bridgehead atoms. The maximum absolute atomic E-state index is 14.6. The summed E-state index contributed by atoms with van der Waals surface area (Å²) in [4.78, 5) is 50.9. The number of hydrogen-bond donors (Lipinski definition) is 0. The number of rotatable bonds is 7. The van der Waals surface area contributed by atoms with Crippen LogP contribution in [0, 0.1) is 0 Å². The maximum atomic E-state index is 14.6. The third kappa shape index (κ3) is 8.31. The number of likely N-dealkylation sites (tertiary alicyclic amines) is 1. The smallest absolute Gasteiger partial charge is 0.410 e. The number of nitrogens with zero attached hydrogens (tertiary/aromatic N) is 5. The van der Waals surface area contributed by atoms with Crippen LogP contribution in [0.25, 0.3) is 11.3 Å². The Morgan fingerprint density at radius 1 is 0.776 bits per heavy atom. The predicted molar refractivity (Wildman–Crippen MR) is 187 cm³/mol. The Kier molecular flexibility index (Phi) is 10.3. The standard InChI is InChI=1S/C39H45N5O5/c1-39(2,3)49-38(47)42-22-23-43(33(26-42)24-29-14-7-4-8-15-29)36(45)34-35(31-18-11-6-12-19-31)44(28-40-34)32-20-13-21-41(25-32)37(46)48-27-30-16-9-5-10-17-30/h4-12,14-19,28,32-33H,13,20-27H2,1-3H3/t32?,33-/m1/s1. The van der Waals surface area contributed by atoms with E-state index in [0.29, 0.717) is 44.8 Å². The summed E-state index contributed by atoms with van der Waals surface area (Å²) in [5, 5.41) is 0. The van der Waals surface area contributed by atoms with Gasteiger partial charge >= 0.3 is 12.2 Å². The summed E-state index contributed by atoms with van der Waals surface area (Å²) in [6, 6.07) is 29.1. The molecule has 6 rings (SSSR count). The molecule has 10 nitrogen and oxygen atoms in total. The summed E-state index contributed by atoms with van der Waals surface area (Å²) in [5.74, 6) is -0.183. The summed E-state index contributed by atoms with van der Waals surface area (Å²) in [5.41, 5.74) is 3.35. The van der Waals surface area contributed by atoms with Gasteiger partial charge in [0.2, 0.25) is 0 Å². The second kappa shape index (κ2) is 15.0. The number of piperidine rings is 1. The lowest BCUT2D eigenvalue weighted by molar-refractivity contribution is 0.00429. The van der Waals surface area contributed by atoms with Gasteiger partial charge in [0.25, 0.3) is 5.91 Å². The number of piperazine rings is 1. The summed E-state index contributed by atoms with van der Waals surface area (Å²) in [7, 11) is 0. The summed E-state index contributed by atoms with van der Waals surface area (Å²) >= 11 is 0. The minimum Gasteiger partial charge on any atom is -0.445 e. The van der Waals surface area contributed by atoms with Gasteiger partial charge in [0.05, 0.1) is 24.1 Å². The molecule has 0 radical (unpaired) electrons. The molecule has 1 unspecified atom stereocenters. The van der Waals surface area contributed by atoms with Crippen LogP contribution < -0.4 is 0 Å². The number of imidazole rings is 1. The number of hydrogen-bond acceptors (Lipinski definition) is 6. The van der Waals surface area contributed by atoms with Crippen LogP contribution in [0.1, 0.15) is 61.3 Å². The number of benzene rings is 3.